The van der Waals surface area contributed by atoms with Gasteiger partial charge in [-0.15, -0.1) is 0 Å². The zero-order valence-electron chi connectivity index (χ0n) is 9.49. The highest BCUT2D eigenvalue weighted by molar-refractivity contribution is 6.32. The molecule has 0 aromatic heterocycles. The minimum Gasteiger partial charge on any atom is -0.482 e. The molecule has 5 heteroatoms. The summed E-state index contributed by atoms with van der Waals surface area (Å²) < 4.78 is 5.41. The molecule has 0 aliphatic carbocycles. The van der Waals surface area contributed by atoms with Crippen molar-refractivity contribution < 1.29 is 9.53 Å². The molecule has 0 radical (unpaired) electrons. The second kappa shape index (κ2) is 5.89. The van der Waals surface area contributed by atoms with E-state index in [0.717, 1.165) is 26.2 Å². The summed E-state index contributed by atoms with van der Waals surface area (Å²) in [6, 6.07) is 7.16. The van der Waals surface area contributed by atoms with Crippen molar-refractivity contribution >= 4 is 17.5 Å². The van der Waals surface area contributed by atoms with Gasteiger partial charge < -0.3 is 15.0 Å². The molecular formula is C12H15ClN2O2. The van der Waals surface area contributed by atoms with Crippen LogP contribution in [0.2, 0.25) is 5.02 Å². The van der Waals surface area contributed by atoms with Crippen LogP contribution >= 0.6 is 11.6 Å². The molecule has 1 N–H and O–H groups in total. The fourth-order valence-corrected chi connectivity index (χ4v) is 1.90. The van der Waals surface area contributed by atoms with Crippen LogP contribution in [-0.2, 0) is 4.79 Å². The number of carbonyl (C=O) groups is 1. The zero-order chi connectivity index (χ0) is 12.1. The second-order valence-electron chi connectivity index (χ2n) is 3.85. The first-order valence-electron chi connectivity index (χ1n) is 5.63. The van der Waals surface area contributed by atoms with Crippen molar-refractivity contribution in [2.24, 2.45) is 0 Å². The SMILES string of the molecule is O=C(COc1ccccc1Cl)N1CCNCC1. The van der Waals surface area contributed by atoms with Gasteiger partial charge >= 0.3 is 0 Å². The highest BCUT2D eigenvalue weighted by Crippen LogP contribution is 2.22. The molecule has 0 atom stereocenters. The predicted molar refractivity (Wildman–Crippen MR) is 66.4 cm³/mol. The summed E-state index contributed by atoms with van der Waals surface area (Å²) in [5.74, 6) is 0.559. The molecule has 0 unspecified atom stereocenters. The van der Waals surface area contributed by atoms with Gasteiger partial charge in [-0.2, -0.15) is 0 Å². The topological polar surface area (TPSA) is 41.6 Å². The molecular weight excluding hydrogens is 240 g/mol. The number of rotatable bonds is 3. The number of nitrogens with zero attached hydrogens (tertiary/aromatic N) is 1. The van der Waals surface area contributed by atoms with E-state index in [1.807, 2.05) is 12.1 Å². The molecule has 1 aliphatic heterocycles. The predicted octanol–water partition coefficient (Wildman–Crippen LogP) is 1.15. The van der Waals surface area contributed by atoms with Crippen molar-refractivity contribution in [1.29, 1.82) is 0 Å². The number of ether oxygens (including phenoxy) is 1. The summed E-state index contributed by atoms with van der Waals surface area (Å²) in [5.41, 5.74) is 0. The van der Waals surface area contributed by atoms with E-state index in [-0.39, 0.29) is 12.5 Å². The normalized spacial score (nSPS) is 15.7. The van der Waals surface area contributed by atoms with Crippen LogP contribution in [0.3, 0.4) is 0 Å². The van der Waals surface area contributed by atoms with Gasteiger partial charge in [0.15, 0.2) is 6.61 Å². The molecule has 17 heavy (non-hydrogen) atoms. The van der Waals surface area contributed by atoms with Crippen molar-refractivity contribution in [2.45, 2.75) is 0 Å². The van der Waals surface area contributed by atoms with E-state index < -0.39 is 0 Å². The van der Waals surface area contributed by atoms with E-state index in [0.29, 0.717) is 10.8 Å². The molecule has 0 spiro atoms. The Kier molecular flexibility index (Phi) is 4.23. The van der Waals surface area contributed by atoms with Gasteiger partial charge in [0.1, 0.15) is 5.75 Å². The van der Waals surface area contributed by atoms with E-state index in [2.05, 4.69) is 5.32 Å². The average molecular weight is 255 g/mol. The monoisotopic (exact) mass is 254 g/mol. The zero-order valence-corrected chi connectivity index (χ0v) is 10.2. The van der Waals surface area contributed by atoms with Crippen LogP contribution in [0.5, 0.6) is 5.75 Å². The number of carbonyl (C=O) groups excluding carboxylic acids is 1. The first-order chi connectivity index (χ1) is 8.27. The van der Waals surface area contributed by atoms with Crippen LogP contribution in [0, 0.1) is 0 Å². The minimum absolute atomic E-state index is 0.00594. The number of para-hydroxylation sites is 1. The van der Waals surface area contributed by atoms with Crippen LogP contribution in [0.15, 0.2) is 24.3 Å². The van der Waals surface area contributed by atoms with E-state index in [1.54, 1.807) is 17.0 Å². The Morgan fingerprint density at radius 2 is 2.06 bits per heavy atom. The molecule has 1 heterocycles. The third-order valence-electron chi connectivity index (χ3n) is 2.66. The van der Waals surface area contributed by atoms with Crippen LogP contribution in [0.1, 0.15) is 0 Å². The number of amides is 1. The minimum atomic E-state index is 0.00594. The van der Waals surface area contributed by atoms with Gasteiger partial charge in [0.05, 0.1) is 5.02 Å². The Hall–Kier alpha value is -1.26. The number of piperazine rings is 1. The molecule has 0 saturated carbocycles. The van der Waals surface area contributed by atoms with Crippen LogP contribution in [0.4, 0.5) is 0 Å². The van der Waals surface area contributed by atoms with Gasteiger partial charge in [-0.1, -0.05) is 23.7 Å². The summed E-state index contributed by atoms with van der Waals surface area (Å²) in [7, 11) is 0. The summed E-state index contributed by atoms with van der Waals surface area (Å²) >= 11 is 5.93. The van der Waals surface area contributed by atoms with Crippen LogP contribution in [0.25, 0.3) is 0 Å². The van der Waals surface area contributed by atoms with E-state index >= 15 is 0 Å². The van der Waals surface area contributed by atoms with E-state index in [9.17, 15) is 4.79 Å². The standard InChI is InChI=1S/C12H15ClN2O2/c13-10-3-1-2-4-11(10)17-9-12(16)15-7-5-14-6-8-15/h1-4,14H,5-9H2. The van der Waals surface area contributed by atoms with Gasteiger partial charge in [-0.05, 0) is 12.1 Å². The highest BCUT2D eigenvalue weighted by atomic mass is 35.5. The second-order valence-corrected chi connectivity index (χ2v) is 4.26. The molecule has 1 saturated heterocycles. The van der Waals surface area contributed by atoms with Crippen molar-refractivity contribution in [3.05, 3.63) is 29.3 Å². The number of hydrogen-bond donors (Lipinski definition) is 1. The van der Waals surface area contributed by atoms with E-state index in [4.69, 9.17) is 16.3 Å². The smallest absolute Gasteiger partial charge is 0.260 e. The van der Waals surface area contributed by atoms with E-state index in [1.165, 1.54) is 0 Å². The van der Waals surface area contributed by atoms with Gasteiger partial charge in [-0.3, -0.25) is 4.79 Å². The third kappa shape index (κ3) is 3.35. The first-order valence-corrected chi connectivity index (χ1v) is 6.01. The van der Waals surface area contributed by atoms with Gasteiger partial charge in [-0.25, -0.2) is 0 Å². The van der Waals surface area contributed by atoms with Crippen molar-refractivity contribution in [1.82, 2.24) is 10.2 Å². The molecule has 1 aliphatic rings. The van der Waals surface area contributed by atoms with Crippen molar-refractivity contribution in [3.8, 4) is 5.75 Å². The fraction of sp³-hybridized carbons (Fsp3) is 0.417. The summed E-state index contributed by atoms with van der Waals surface area (Å²) in [4.78, 5) is 13.6. The summed E-state index contributed by atoms with van der Waals surface area (Å²) in [6.45, 7) is 3.22. The Morgan fingerprint density at radius 1 is 1.35 bits per heavy atom. The van der Waals surface area contributed by atoms with Gasteiger partial charge in [0.2, 0.25) is 0 Å². The number of hydrogen-bond acceptors (Lipinski definition) is 3. The number of nitrogens with one attached hydrogen (secondary N) is 1. The maximum Gasteiger partial charge on any atom is 0.260 e. The third-order valence-corrected chi connectivity index (χ3v) is 2.97. The molecule has 4 nitrogen and oxygen atoms in total. The number of benzene rings is 1. The van der Waals surface area contributed by atoms with Crippen LogP contribution < -0.4 is 10.1 Å². The van der Waals surface area contributed by atoms with Gasteiger partial charge in [0, 0.05) is 26.2 Å². The molecule has 1 aromatic carbocycles. The molecule has 2 rings (SSSR count). The molecule has 1 fully saturated rings. The Balaban J connectivity index is 1.85. The maximum absolute atomic E-state index is 11.8. The lowest BCUT2D eigenvalue weighted by Crippen LogP contribution is -2.47. The number of halogens is 1. The van der Waals surface area contributed by atoms with Crippen molar-refractivity contribution in [2.75, 3.05) is 32.8 Å². The Morgan fingerprint density at radius 3 is 2.76 bits per heavy atom. The van der Waals surface area contributed by atoms with Crippen molar-refractivity contribution in [3.63, 3.8) is 0 Å². The Labute approximate surface area is 106 Å². The largest absolute Gasteiger partial charge is 0.482 e. The maximum atomic E-state index is 11.8. The quantitative estimate of drug-likeness (QED) is 0.880. The van der Waals surface area contributed by atoms with Crippen LogP contribution in [-0.4, -0.2) is 43.6 Å². The molecule has 0 bridgehead atoms. The summed E-state index contributed by atoms with van der Waals surface area (Å²) in [5, 5.41) is 3.73. The Bertz CT molecular complexity index is 392. The lowest BCUT2D eigenvalue weighted by molar-refractivity contribution is -0.133. The lowest BCUT2D eigenvalue weighted by Gasteiger charge is -2.27. The average Bonchev–Trinajstić information content (AvgIpc) is 2.38. The first kappa shape index (κ1) is 12.2. The molecule has 92 valence electrons. The fourth-order valence-electron chi connectivity index (χ4n) is 1.71. The summed E-state index contributed by atoms with van der Waals surface area (Å²) in [6.07, 6.45) is 0. The molecule has 1 amide bonds. The lowest BCUT2D eigenvalue weighted by atomic mass is 10.3. The molecule has 1 aromatic rings. The van der Waals surface area contributed by atoms with Gasteiger partial charge in [0.25, 0.3) is 5.91 Å². The highest BCUT2D eigenvalue weighted by Gasteiger charge is 2.16.